The van der Waals surface area contributed by atoms with Gasteiger partial charge in [-0.1, -0.05) is 66.7 Å². The Kier molecular flexibility index (Phi) is 9.22. The van der Waals surface area contributed by atoms with Crippen molar-refractivity contribution in [2.45, 2.75) is 31.7 Å². The topological polar surface area (TPSA) is 134 Å². The lowest BCUT2D eigenvalue weighted by Crippen LogP contribution is -2.65. The van der Waals surface area contributed by atoms with Crippen molar-refractivity contribution >= 4 is 36.4 Å². The number of rotatable bonds is 9. The molecule has 6 rings (SSSR count). The summed E-state index contributed by atoms with van der Waals surface area (Å²) in [6.45, 7) is 0.521. The van der Waals surface area contributed by atoms with Gasteiger partial charge >= 0.3 is 13.9 Å². The molecule has 0 unspecified atom stereocenters. The first-order valence-electron chi connectivity index (χ1n) is 15.3. The third-order valence-corrected chi connectivity index (χ3v) is 9.15. The van der Waals surface area contributed by atoms with Crippen molar-refractivity contribution in [3.63, 3.8) is 0 Å². The molecule has 0 spiro atoms. The molecule has 2 N–H and O–H groups in total. The summed E-state index contributed by atoms with van der Waals surface area (Å²) in [4.78, 5) is 64.5. The molecule has 0 bridgehead atoms. The van der Waals surface area contributed by atoms with Gasteiger partial charge in [0.15, 0.2) is 0 Å². The fourth-order valence-corrected chi connectivity index (χ4v) is 6.82. The molecule has 0 aliphatic carbocycles. The monoisotopic (exact) mass is 675 g/mol. The number of hydrogen-bond donors (Lipinski definition) is 2. The molecule has 14 heteroatoms. The van der Waals surface area contributed by atoms with Gasteiger partial charge in [-0.05, 0) is 51.7 Å². The van der Waals surface area contributed by atoms with E-state index in [1.54, 1.807) is 48.3 Å². The zero-order chi connectivity index (χ0) is 34.2. The number of carbonyl (C=O) groups is 3. The molecule has 2 atom stereocenters. The minimum absolute atomic E-state index is 0.0363. The van der Waals surface area contributed by atoms with Gasteiger partial charge in [0.05, 0.1) is 13.1 Å². The van der Waals surface area contributed by atoms with Gasteiger partial charge < -0.3 is 19.2 Å². The van der Waals surface area contributed by atoms with Gasteiger partial charge in [-0.25, -0.2) is 13.8 Å². The van der Waals surface area contributed by atoms with E-state index < -0.39 is 20.0 Å². The molecule has 4 amide bonds. The smallest absolute Gasteiger partial charge is 0.404 e. The number of halogens is 1. The van der Waals surface area contributed by atoms with Crippen LogP contribution in [-0.4, -0.2) is 91.7 Å². The van der Waals surface area contributed by atoms with Crippen LogP contribution in [0.4, 0.5) is 9.18 Å². The number of piperazine rings is 1. The quantitative estimate of drug-likeness (QED) is 0.255. The van der Waals surface area contributed by atoms with Crippen LogP contribution in [-0.2, 0) is 33.7 Å². The van der Waals surface area contributed by atoms with E-state index in [-0.39, 0.29) is 62.0 Å². The molecule has 0 radical (unpaired) electrons. The van der Waals surface area contributed by atoms with Crippen LogP contribution in [0.3, 0.4) is 0 Å². The molecule has 0 aromatic heterocycles. The number of carbonyl (C=O) groups excluding carboxylic acids is 3. The average molecular weight is 676 g/mol. The van der Waals surface area contributed by atoms with Crippen molar-refractivity contribution in [2.24, 2.45) is 0 Å². The van der Waals surface area contributed by atoms with Crippen molar-refractivity contribution in [2.75, 3.05) is 27.2 Å². The SMILES string of the molecule is CN(Cc1ccc(F)cc1)C(=O)N(C)N1CC(=O)N2[C@H](Cc3ccc(OP(=O)(O)O)cc3)C(=O)N(Cc3cccc4ccccc34)C[C@H]21. The highest BCUT2D eigenvalue weighted by Crippen LogP contribution is 2.38. The lowest BCUT2D eigenvalue weighted by molar-refractivity contribution is -0.157. The van der Waals surface area contributed by atoms with Gasteiger partial charge in [-0.15, -0.1) is 0 Å². The van der Waals surface area contributed by atoms with Gasteiger partial charge in [0.25, 0.3) is 0 Å². The van der Waals surface area contributed by atoms with E-state index in [0.717, 1.165) is 21.9 Å². The Bertz CT molecular complexity index is 1880. The standard InChI is InChI=1S/C34H35FN5O7P/c1-36(19-24-10-14-27(35)15-11-24)34(43)37(2)39-22-32(41)40-30(18-23-12-16-28(17-13-23)47-48(44,45)46)33(42)38(21-31(39)40)20-26-8-5-7-25-6-3-4-9-29(25)26/h3-17,30-31H,18-22H2,1-2H3,(H2,44,45,46)/t30-,31+/m1/s1. The van der Waals surface area contributed by atoms with E-state index >= 15 is 0 Å². The van der Waals surface area contributed by atoms with Crippen LogP contribution in [0.5, 0.6) is 5.75 Å². The molecule has 2 aliphatic heterocycles. The third kappa shape index (κ3) is 7.04. The molecule has 2 fully saturated rings. The minimum Gasteiger partial charge on any atom is -0.404 e. The third-order valence-electron chi connectivity index (χ3n) is 8.71. The summed E-state index contributed by atoms with van der Waals surface area (Å²) in [5.41, 5.74) is 2.32. The molecule has 2 saturated heterocycles. The average Bonchev–Trinajstić information content (AvgIpc) is 3.39. The Hall–Kier alpha value is -4.81. The number of hydrazine groups is 1. The number of fused-ring (bicyclic) bond motifs is 2. The van der Waals surface area contributed by atoms with Crippen LogP contribution in [0.15, 0.2) is 91.0 Å². The summed E-state index contributed by atoms with van der Waals surface area (Å²) >= 11 is 0. The summed E-state index contributed by atoms with van der Waals surface area (Å²) < 4.78 is 29.4. The maximum Gasteiger partial charge on any atom is 0.524 e. The number of urea groups is 1. The largest absolute Gasteiger partial charge is 0.524 e. The van der Waals surface area contributed by atoms with Crippen molar-refractivity contribution in [3.05, 3.63) is 114 Å². The highest BCUT2D eigenvalue weighted by molar-refractivity contribution is 7.46. The first kappa shape index (κ1) is 33.1. The van der Waals surface area contributed by atoms with E-state index in [4.69, 9.17) is 9.79 Å². The molecule has 48 heavy (non-hydrogen) atoms. The predicted octanol–water partition coefficient (Wildman–Crippen LogP) is 3.97. The molecule has 4 aromatic rings. The number of hydrogen-bond acceptors (Lipinski definition) is 6. The number of phosphoric acid groups is 1. The van der Waals surface area contributed by atoms with Crippen LogP contribution < -0.4 is 4.52 Å². The predicted molar refractivity (Wildman–Crippen MR) is 174 cm³/mol. The van der Waals surface area contributed by atoms with E-state index in [9.17, 15) is 23.3 Å². The van der Waals surface area contributed by atoms with Crippen LogP contribution in [0.25, 0.3) is 10.8 Å². The van der Waals surface area contributed by atoms with Gasteiger partial charge in [-0.2, -0.15) is 5.01 Å². The van der Waals surface area contributed by atoms with E-state index in [0.29, 0.717) is 5.56 Å². The molecule has 2 heterocycles. The molecule has 2 aliphatic rings. The Morgan fingerprint density at radius 1 is 0.938 bits per heavy atom. The van der Waals surface area contributed by atoms with E-state index in [1.165, 1.54) is 39.1 Å². The van der Waals surface area contributed by atoms with E-state index in [1.807, 2.05) is 42.5 Å². The normalized spacial score (nSPS) is 18.3. The summed E-state index contributed by atoms with van der Waals surface area (Å²) in [7, 11) is -1.55. The molecular formula is C34H35FN5O7P. The van der Waals surface area contributed by atoms with Crippen molar-refractivity contribution < 1.29 is 37.6 Å². The second kappa shape index (κ2) is 13.4. The molecule has 12 nitrogen and oxygen atoms in total. The number of phosphoric ester groups is 1. The fraction of sp³-hybridized carbons (Fsp3) is 0.265. The van der Waals surface area contributed by atoms with Crippen LogP contribution in [0.2, 0.25) is 0 Å². The minimum atomic E-state index is -4.75. The van der Waals surface area contributed by atoms with Crippen molar-refractivity contribution in [1.29, 1.82) is 0 Å². The van der Waals surface area contributed by atoms with Crippen molar-refractivity contribution in [1.82, 2.24) is 24.7 Å². The van der Waals surface area contributed by atoms with Gasteiger partial charge in [0.2, 0.25) is 11.8 Å². The summed E-state index contributed by atoms with van der Waals surface area (Å²) in [6, 6.07) is 24.3. The lowest BCUT2D eigenvalue weighted by atomic mass is 9.99. The van der Waals surface area contributed by atoms with Gasteiger partial charge in [0.1, 0.15) is 23.8 Å². The van der Waals surface area contributed by atoms with Gasteiger partial charge in [0, 0.05) is 33.6 Å². The van der Waals surface area contributed by atoms with Crippen molar-refractivity contribution in [3.8, 4) is 5.75 Å². The van der Waals surface area contributed by atoms with Crippen LogP contribution in [0, 0.1) is 5.82 Å². The summed E-state index contributed by atoms with van der Waals surface area (Å²) in [5, 5.41) is 5.09. The molecule has 4 aromatic carbocycles. The lowest BCUT2D eigenvalue weighted by Gasteiger charge is -2.46. The summed E-state index contributed by atoms with van der Waals surface area (Å²) in [5.74, 6) is -0.982. The zero-order valence-corrected chi connectivity index (χ0v) is 27.2. The highest BCUT2D eigenvalue weighted by Gasteiger charge is 2.51. The first-order chi connectivity index (χ1) is 22.9. The fourth-order valence-electron chi connectivity index (χ4n) is 6.42. The maximum absolute atomic E-state index is 14.2. The highest BCUT2D eigenvalue weighted by atomic mass is 31.2. The van der Waals surface area contributed by atoms with Crippen LogP contribution >= 0.6 is 7.82 Å². The Morgan fingerprint density at radius 3 is 2.31 bits per heavy atom. The molecule has 250 valence electrons. The first-order valence-corrected chi connectivity index (χ1v) is 16.8. The molecule has 0 saturated carbocycles. The van der Waals surface area contributed by atoms with Crippen LogP contribution in [0.1, 0.15) is 16.7 Å². The maximum atomic E-state index is 14.2. The Labute approximate surface area is 276 Å². The number of nitrogens with zero attached hydrogens (tertiary/aromatic N) is 5. The van der Waals surface area contributed by atoms with Gasteiger partial charge in [-0.3, -0.25) is 24.4 Å². The number of amides is 4. The Morgan fingerprint density at radius 2 is 1.60 bits per heavy atom. The second-order valence-corrected chi connectivity index (χ2v) is 13.1. The second-order valence-electron chi connectivity index (χ2n) is 12.0. The zero-order valence-electron chi connectivity index (χ0n) is 26.3. The molecular weight excluding hydrogens is 640 g/mol. The summed E-state index contributed by atoms with van der Waals surface area (Å²) in [6.07, 6.45) is -0.528. The number of benzene rings is 4. The Balaban J connectivity index is 1.29. The van der Waals surface area contributed by atoms with E-state index in [2.05, 4.69) is 4.52 Å².